The van der Waals surface area contributed by atoms with Gasteiger partial charge in [0.15, 0.2) is 0 Å². The lowest BCUT2D eigenvalue weighted by Gasteiger charge is -2.01. The Bertz CT molecular complexity index is 159. The smallest absolute Gasteiger partial charge is 0.0654 e. The highest BCUT2D eigenvalue weighted by Crippen LogP contribution is 2.09. The van der Waals surface area contributed by atoms with Gasteiger partial charge in [0.1, 0.15) is 0 Å². The van der Waals surface area contributed by atoms with Gasteiger partial charge < -0.3 is 5.41 Å². The molecule has 3 heteroatoms. The lowest BCUT2D eigenvalue weighted by molar-refractivity contribution is 0.761. The molecule has 0 unspecified atom stereocenters. The topological polar surface area (TPSA) is 36.2 Å². The van der Waals surface area contributed by atoms with Crippen LogP contribution in [0.15, 0.2) is 16.8 Å². The molecule has 0 rings (SSSR count). The average molecular weight is 250 g/mol. The van der Waals surface area contributed by atoms with Gasteiger partial charge >= 0.3 is 0 Å². The Morgan fingerprint density at radius 3 is 2.50 bits per heavy atom. The maximum absolute atomic E-state index is 6.83. The summed E-state index contributed by atoms with van der Waals surface area (Å²) in [6.07, 6.45) is 2.97. The summed E-state index contributed by atoms with van der Waals surface area (Å²) in [6.45, 7) is 4.11. The van der Waals surface area contributed by atoms with Gasteiger partial charge in [-0.2, -0.15) is 0 Å². The summed E-state index contributed by atoms with van der Waals surface area (Å²) in [4.78, 5) is 4.08. The van der Waals surface area contributed by atoms with E-state index in [1.165, 1.54) is 6.21 Å². The first-order valence-corrected chi connectivity index (χ1v) is 4.30. The zero-order valence-corrected chi connectivity index (χ0v) is 8.29. The SMILES string of the molecule is CC(C)C(=C/C=N)/N=C\I. The zero-order chi connectivity index (χ0) is 7.98. The number of aliphatic imine (C=N–C) groups is 1. The Hall–Kier alpha value is -0.190. The molecule has 10 heavy (non-hydrogen) atoms. The first kappa shape index (κ1) is 9.81. The van der Waals surface area contributed by atoms with Crippen LogP contribution in [0.25, 0.3) is 0 Å². The summed E-state index contributed by atoms with van der Waals surface area (Å²) in [5.74, 6) is 0.396. The Kier molecular flexibility index (Phi) is 5.48. The van der Waals surface area contributed by atoms with Gasteiger partial charge in [0.25, 0.3) is 0 Å². The van der Waals surface area contributed by atoms with Crippen molar-refractivity contribution in [1.29, 1.82) is 5.41 Å². The second-order valence-electron chi connectivity index (χ2n) is 2.14. The molecule has 56 valence electrons. The number of halogens is 1. The van der Waals surface area contributed by atoms with Crippen LogP contribution in [0.4, 0.5) is 0 Å². The van der Waals surface area contributed by atoms with Gasteiger partial charge in [-0.15, -0.1) is 0 Å². The largest absolute Gasteiger partial charge is 0.309 e. The third kappa shape index (κ3) is 3.76. The van der Waals surface area contributed by atoms with Crippen molar-refractivity contribution in [2.75, 3.05) is 0 Å². The number of hydrogen-bond donors (Lipinski definition) is 1. The Labute approximate surface area is 75.1 Å². The molecule has 0 radical (unpaired) electrons. The second kappa shape index (κ2) is 5.58. The van der Waals surface area contributed by atoms with Crippen molar-refractivity contribution in [1.82, 2.24) is 0 Å². The lowest BCUT2D eigenvalue weighted by atomic mass is 10.1. The third-order valence-corrected chi connectivity index (χ3v) is 1.32. The Balaban J connectivity index is 4.25. The fourth-order valence-electron chi connectivity index (χ4n) is 0.526. The number of rotatable bonds is 3. The van der Waals surface area contributed by atoms with E-state index in [0.29, 0.717) is 5.92 Å². The fraction of sp³-hybridized carbons (Fsp3) is 0.429. The molecule has 1 N–H and O–H groups in total. The van der Waals surface area contributed by atoms with Crippen LogP contribution >= 0.6 is 22.6 Å². The van der Waals surface area contributed by atoms with Gasteiger partial charge in [-0.1, -0.05) is 13.8 Å². The fourth-order valence-corrected chi connectivity index (χ4v) is 0.848. The van der Waals surface area contributed by atoms with Crippen LogP contribution in [-0.4, -0.2) is 10.4 Å². The van der Waals surface area contributed by atoms with Crippen LogP contribution in [0.3, 0.4) is 0 Å². The van der Waals surface area contributed by atoms with Gasteiger partial charge in [0.2, 0.25) is 0 Å². The van der Waals surface area contributed by atoms with Crippen LogP contribution in [0, 0.1) is 11.3 Å². The number of allylic oxidation sites excluding steroid dienone is 2. The standard InChI is InChI=1S/C7H11IN2/c1-6(2)7(3-4-9)10-5-8/h3-6,9H,1-2H3/b7-3-,9-4?,10-5-. The van der Waals surface area contributed by atoms with Crippen molar-refractivity contribution in [3.8, 4) is 0 Å². The molecule has 0 aromatic rings. The van der Waals surface area contributed by atoms with Crippen molar-refractivity contribution < 1.29 is 0 Å². The maximum atomic E-state index is 6.83. The van der Waals surface area contributed by atoms with Crippen molar-refractivity contribution >= 4 is 33.0 Å². The maximum Gasteiger partial charge on any atom is 0.0654 e. The number of nitrogens with zero attached hydrogens (tertiary/aromatic N) is 1. The van der Waals surface area contributed by atoms with Gasteiger partial charge in [-0.3, -0.25) is 4.99 Å². The third-order valence-electron chi connectivity index (χ3n) is 1.04. The van der Waals surface area contributed by atoms with E-state index in [1.807, 2.05) is 0 Å². The summed E-state index contributed by atoms with van der Waals surface area (Å²) in [6, 6.07) is 0. The van der Waals surface area contributed by atoms with Gasteiger partial charge in [0.05, 0.1) is 4.22 Å². The van der Waals surface area contributed by atoms with Gasteiger partial charge in [0, 0.05) is 11.9 Å². The molecule has 0 aliphatic rings. The number of hydrogen-bond acceptors (Lipinski definition) is 2. The van der Waals surface area contributed by atoms with Gasteiger partial charge in [-0.25, -0.2) is 0 Å². The number of nitrogens with one attached hydrogen (secondary N) is 1. The van der Waals surface area contributed by atoms with E-state index in [1.54, 1.807) is 10.3 Å². The van der Waals surface area contributed by atoms with Crippen LogP contribution in [-0.2, 0) is 0 Å². The molecule has 2 nitrogen and oxygen atoms in total. The predicted molar refractivity (Wildman–Crippen MR) is 54.2 cm³/mol. The highest BCUT2D eigenvalue weighted by Gasteiger charge is 1.97. The molecule has 0 amide bonds. The minimum Gasteiger partial charge on any atom is -0.309 e. The molecule has 0 aliphatic heterocycles. The summed E-state index contributed by atoms with van der Waals surface area (Å²) in [5.41, 5.74) is 0.949. The summed E-state index contributed by atoms with van der Waals surface area (Å²) >= 11 is 2.07. The summed E-state index contributed by atoms with van der Waals surface area (Å²) < 4.78 is 1.72. The zero-order valence-electron chi connectivity index (χ0n) is 6.13. The van der Waals surface area contributed by atoms with Crippen molar-refractivity contribution in [3.63, 3.8) is 0 Å². The molecular formula is C7H11IN2. The van der Waals surface area contributed by atoms with E-state index >= 15 is 0 Å². The first-order chi connectivity index (χ1) is 4.72. The lowest BCUT2D eigenvalue weighted by Crippen LogP contribution is -1.90. The van der Waals surface area contributed by atoms with Crippen LogP contribution < -0.4 is 0 Å². The van der Waals surface area contributed by atoms with Crippen molar-refractivity contribution in [2.45, 2.75) is 13.8 Å². The van der Waals surface area contributed by atoms with Crippen LogP contribution in [0.2, 0.25) is 0 Å². The molecule has 0 saturated heterocycles. The Morgan fingerprint density at radius 1 is 1.60 bits per heavy atom. The molecule has 0 heterocycles. The molecule has 0 saturated carbocycles. The minimum atomic E-state index is 0.396. The van der Waals surface area contributed by atoms with Crippen molar-refractivity contribution in [3.05, 3.63) is 11.8 Å². The monoisotopic (exact) mass is 250 g/mol. The van der Waals surface area contributed by atoms with E-state index < -0.39 is 0 Å². The predicted octanol–water partition coefficient (Wildman–Crippen LogP) is 2.64. The van der Waals surface area contributed by atoms with E-state index in [9.17, 15) is 0 Å². The van der Waals surface area contributed by atoms with Crippen LogP contribution in [0.5, 0.6) is 0 Å². The molecule has 0 aliphatic carbocycles. The molecular weight excluding hydrogens is 239 g/mol. The van der Waals surface area contributed by atoms with Crippen LogP contribution in [0.1, 0.15) is 13.8 Å². The molecule has 0 aromatic carbocycles. The van der Waals surface area contributed by atoms with E-state index in [4.69, 9.17) is 5.41 Å². The molecule has 0 bridgehead atoms. The van der Waals surface area contributed by atoms with Crippen molar-refractivity contribution in [2.24, 2.45) is 10.9 Å². The van der Waals surface area contributed by atoms with Gasteiger partial charge in [-0.05, 0) is 34.6 Å². The first-order valence-electron chi connectivity index (χ1n) is 3.05. The normalized spacial score (nSPS) is 13.0. The molecule has 0 atom stereocenters. The second-order valence-corrected chi connectivity index (χ2v) is 2.70. The Morgan fingerprint density at radius 2 is 2.20 bits per heavy atom. The minimum absolute atomic E-state index is 0.396. The van der Waals surface area contributed by atoms with E-state index in [0.717, 1.165) is 5.70 Å². The average Bonchev–Trinajstić information content (AvgIpc) is 1.87. The molecule has 0 fully saturated rings. The molecule has 0 spiro atoms. The van der Waals surface area contributed by atoms with E-state index in [2.05, 4.69) is 41.4 Å². The summed E-state index contributed by atoms with van der Waals surface area (Å²) in [5, 5.41) is 6.83. The summed E-state index contributed by atoms with van der Waals surface area (Å²) in [7, 11) is 0. The van der Waals surface area contributed by atoms with E-state index in [-0.39, 0.29) is 0 Å². The highest BCUT2D eigenvalue weighted by atomic mass is 127. The quantitative estimate of drug-likeness (QED) is 0.590. The highest BCUT2D eigenvalue weighted by molar-refractivity contribution is 14.1. The molecule has 0 aromatic heterocycles.